The van der Waals surface area contributed by atoms with Crippen LogP contribution in [0, 0.1) is 21.4 Å². The lowest BCUT2D eigenvalue weighted by Crippen LogP contribution is -2.08. The average Bonchev–Trinajstić information content (AvgIpc) is 3.00. The van der Waals surface area contributed by atoms with Crippen molar-refractivity contribution in [1.82, 2.24) is 4.40 Å². The van der Waals surface area contributed by atoms with Gasteiger partial charge in [-0.05, 0) is 31.2 Å². The van der Waals surface area contributed by atoms with Crippen LogP contribution in [0.3, 0.4) is 0 Å². The van der Waals surface area contributed by atoms with Gasteiger partial charge in [0, 0.05) is 17.8 Å². The number of carbonyl (C=O) groups excluding carboxylic acids is 1. The van der Waals surface area contributed by atoms with Crippen molar-refractivity contribution in [3.8, 4) is 17.3 Å². The maximum Gasteiger partial charge on any atom is 0.345 e. The molecule has 0 N–H and O–H groups in total. The molecule has 3 aromatic rings. The third-order valence-electron chi connectivity index (χ3n) is 3.78. The molecule has 0 amide bonds. The molecule has 0 unspecified atom stereocenters. The molecular formula is C18H13N3O4. The van der Waals surface area contributed by atoms with E-state index in [2.05, 4.69) is 6.07 Å². The van der Waals surface area contributed by atoms with Gasteiger partial charge in [0.25, 0.3) is 5.69 Å². The van der Waals surface area contributed by atoms with Crippen LogP contribution in [0.1, 0.15) is 22.8 Å². The lowest BCUT2D eigenvalue weighted by molar-refractivity contribution is -0.385. The summed E-state index contributed by atoms with van der Waals surface area (Å²) in [5, 5.41) is 20.7. The highest BCUT2D eigenvalue weighted by atomic mass is 16.6. The van der Waals surface area contributed by atoms with Crippen LogP contribution in [0.5, 0.6) is 0 Å². The minimum Gasteiger partial charge on any atom is -0.462 e. The molecule has 1 aromatic carbocycles. The van der Waals surface area contributed by atoms with Crippen molar-refractivity contribution in [2.75, 3.05) is 6.61 Å². The number of benzene rings is 1. The quantitative estimate of drug-likeness (QED) is 0.412. The van der Waals surface area contributed by atoms with Crippen LogP contribution in [-0.4, -0.2) is 21.9 Å². The molecule has 0 saturated carbocycles. The molecule has 7 nitrogen and oxygen atoms in total. The first kappa shape index (κ1) is 16.2. The SMILES string of the molecule is CCOC(=O)c1ccc(-c2cc(C#N)c3ccccn23)cc1[N+](=O)[O-]. The first-order valence-electron chi connectivity index (χ1n) is 7.53. The summed E-state index contributed by atoms with van der Waals surface area (Å²) in [5.74, 6) is -0.738. The van der Waals surface area contributed by atoms with Gasteiger partial charge in [0.2, 0.25) is 0 Å². The largest absolute Gasteiger partial charge is 0.462 e. The Balaban J connectivity index is 2.20. The molecule has 0 aliphatic heterocycles. The van der Waals surface area contributed by atoms with Crippen LogP contribution >= 0.6 is 0 Å². The third-order valence-corrected chi connectivity index (χ3v) is 3.78. The van der Waals surface area contributed by atoms with E-state index in [-0.39, 0.29) is 17.9 Å². The van der Waals surface area contributed by atoms with Gasteiger partial charge in [-0.15, -0.1) is 0 Å². The number of fused-ring (bicyclic) bond motifs is 1. The number of hydrogen-bond donors (Lipinski definition) is 0. The molecule has 2 aromatic heterocycles. The molecule has 3 rings (SSSR count). The van der Waals surface area contributed by atoms with Gasteiger partial charge in [-0.25, -0.2) is 4.79 Å². The zero-order chi connectivity index (χ0) is 18.0. The molecule has 0 saturated heterocycles. The minimum absolute atomic E-state index is 0.100. The lowest BCUT2D eigenvalue weighted by Gasteiger charge is -2.06. The van der Waals surface area contributed by atoms with E-state index in [1.165, 1.54) is 12.1 Å². The Morgan fingerprint density at radius 2 is 2.12 bits per heavy atom. The summed E-state index contributed by atoms with van der Waals surface area (Å²) in [6.07, 6.45) is 1.77. The summed E-state index contributed by atoms with van der Waals surface area (Å²) >= 11 is 0. The third kappa shape index (κ3) is 2.81. The van der Waals surface area contributed by atoms with Crippen molar-refractivity contribution in [2.24, 2.45) is 0 Å². The molecule has 25 heavy (non-hydrogen) atoms. The van der Waals surface area contributed by atoms with Gasteiger partial charge in [-0.3, -0.25) is 10.1 Å². The predicted octanol–water partition coefficient (Wildman–Crippen LogP) is 3.56. The predicted molar refractivity (Wildman–Crippen MR) is 90.2 cm³/mol. The number of aromatic nitrogens is 1. The van der Waals surface area contributed by atoms with E-state index in [1.807, 2.05) is 6.07 Å². The molecule has 0 aliphatic carbocycles. The average molecular weight is 335 g/mol. The van der Waals surface area contributed by atoms with Gasteiger partial charge in [0.15, 0.2) is 0 Å². The summed E-state index contributed by atoms with van der Waals surface area (Å²) < 4.78 is 6.64. The highest BCUT2D eigenvalue weighted by Crippen LogP contribution is 2.30. The highest BCUT2D eigenvalue weighted by Gasteiger charge is 2.23. The number of nitro benzene ring substituents is 1. The van der Waals surface area contributed by atoms with Crippen molar-refractivity contribution < 1.29 is 14.5 Å². The van der Waals surface area contributed by atoms with Crippen molar-refractivity contribution in [1.29, 1.82) is 5.26 Å². The first-order chi connectivity index (χ1) is 12.1. The Morgan fingerprint density at radius 1 is 1.32 bits per heavy atom. The molecule has 2 heterocycles. The van der Waals surface area contributed by atoms with Crippen LogP contribution in [0.15, 0.2) is 48.7 Å². The molecule has 0 atom stereocenters. The second kappa shape index (κ2) is 6.45. The van der Waals surface area contributed by atoms with E-state index in [1.54, 1.807) is 41.8 Å². The molecule has 0 aliphatic rings. The standard InChI is InChI=1S/C18H13N3O4/c1-2-25-18(22)14-7-6-12(9-17(14)21(23)24)16-10-13(11-19)15-5-3-4-8-20(15)16/h3-10H,2H2,1H3. The number of rotatable bonds is 4. The van der Waals surface area contributed by atoms with Crippen molar-refractivity contribution in [3.05, 3.63) is 69.9 Å². The Kier molecular flexibility index (Phi) is 4.18. The van der Waals surface area contributed by atoms with Gasteiger partial charge >= 0.3 is 5.97 Å². The summed E-state index contributed by atoms with van der Waals surface area (Å²) in [6, 6.07) is 13.5. The lowest BCUT2D eigenvalue weighted by atomic mass is 10.1. The summed E-state index contributed by atoms with van der Waals surface area (Å²) in [5.41, 5.74) is 1.90. The number of nitro groups is 1. The van der Waals surface area contributed by atoms with Crippen molar-refractivity contribution in [2.45, 2.75) is 6.92 Å². The zero-order valence-corrected chi connectivity index (χ0v) is 13.3. The maximum atomic E-state index is 11.9. The van der Waals surface area contributed by atoms with Crippen LogP contribution < -0.4 is 0 Å². The summed E-state index contributed by atoms with van der Waals surface area (Å²) in [6.45, 7) is 1.76. The first-order valence-corrected chi connectivity index (χ1v) is 7.53. The number of esters is 1. The van der Waals surface area contributed by atoms with Crippen molar-refractivity contribution in [3.63, 3.8) is 0 Å². The maximum absolute atomic E-state index is 11.9. The van der Waals surface area contributed by atoms with Gasteiger partial charge in [-0.1, -0.05) is 12.1 Å². The second-order valence-electron chi connectivity index (χ2n) is 5.22. The van der Waals surface area contributed by atoms with Gasteiger partial charge in [0.05, 0.1) is 28.3 Å². The number of pyridine rings is 1. The topological polar surface area (TPSA) is 97.6 Å². The normalized spacial score (nSPS) is 10.4. The number of carbonyl (C=O) groups is 1. The van der Waals surface area contributed by atoms with E-state index in [0.717, 1.165) is 0 Å². The zero-order valence-electron chi connectivity index (χ0n) is 13.3. The van der Waals surface area contributed by atoms with E-state index in [9.17, 15) is 20.2 Å². The number of ether oxygens (including phenoxy) is 1. The Labute approximate surface area is 142 Å². The number of hydrogen-bond acceptors (Lipinski definition) is 5. The van der Waals surface area contributed by atoms with E-state index in [0.29, 0.717) is 22.3 Å². The number of nitriles is 1. The Bertz CT molecular complexity index is 1030. The van der Waals surface area contributed by atoms with Crippen molar-refractivity contribution >= 4 is 17.2 Å². The van der Waals surface area contributed by atoms with Crippen LogP contribution in [0.25, 0.3) is 16.8 Å². The van der Waals surface area contributed by atoms with Crippen LogP contribution in [-0.2, 0) is 4.74 Å². The monoisotopic (exact) mass is 335 g/mol. The fourth-order valence-electron chi connectivity index (χ4n) is 2.69. The molecule has 0 radical (unpaired) electrons. The fraction of sp³-hybridized carbons (Fsp3) is 0.111. The summed E-state index contributed by atoms with van der Waals surface area (Å²) in [7, 11) is 0. The van der Waals surface area contributed by atoms with E-state index in [4.69, 9.17) is 4.74 Å². The summed E-state index contributed by atoms with van der Waals surface area (Å²) in [4.78, 5) is 22.7. The Morgan fingerprint density at radius 3 is 2.80 bits per heavy atom. The molecule has 0 fully saturated rings. The van der Waals surface area contributed by atoms with Crippen LogP contribution in [0.2, 0.25) is 0 Å². The Hall–Kier alpha value is -3.66. The van der Waals surface area contributed by atoms with Crippen LogP contribution in [0.4, 0.5) is 5.69 Å². The molecule has 7 heteroatoms. The van der Waals surface area contributed by atoms with Gasteiger partial charge < -0.3 is 9.14 Å². The number of nitrogens with zero attached hydrogens (tertiary/aromatic N) is 3. The van der Waals surface area contributed by atoms with E-state index < -0.39 is 10.9 Å². The van der Waals surface area contributed by atoms with E-state index >= 15 is 0 Å². The highest BCUT2D eigenvalue weighted by molar-refractivity contribution is 5.95. The minimum atomic E-state index is -0.738. The smallest absolute Gasteiger partial charge is 0.345 e. The van der Waals surface area contributed by atoms with Gasteiger partial charge in [0.1, 0.15) is 11.6 Å². The molecule has 124 valence electrons. The molecule has 0 spiro atoms. The van der Waals surface area contributed by atoms with Gasteiger partial charge in [-0.2, -0.15) is 5.26 Å². The fourth-order valence-corrected chi connectivity index (χ4v) is 2.69. The molecular weight excluding hydrogens is 322 g/mol. The second-order valence-corrected chi connectivity index (χ2v) is 5.22. The molecule has 0 bridgehead atoms.